The van der Waals surface area contributed by atoms with Crippen LogP contribution in [0.5, 0.6) is 0 Å². The number of rotatable bonds is 2. The standard InChI is InChI=1S/C16H19N3OS2/c20-15(14-11-12-3-1-4-13(12)22-14)18-6-2-7-19(9-8-18)16-17-5-10-21-16/h5,10-11H,1-4,6-9H2. The van der Waals surface area contributed by atoms with Crippen LogP contribution in [0.4, 0.5) is 5.13 Å². The Morgan fingerprint density at radius 1 is 1.14 bits per heavy atom. The molecule has 1 fully saturated rings. The summed E-state index contributed by atoms with van der Waals surface area (Å²) in [5.41, 5.74) is 1.41. The van der Waals surface area contributed by atoms with Gasteiger partial charge in [-0.3, -0.25) is 4.79 Å². The second-order valence-corrected chi connectivity index (χ2v) is 7.87. The minimum atomic E-state index is 0.223. The van der Waals surface area contributed by atoms with Crippen molar-refractivity contribution in [3.8, 4) is 0 Å². The molecular weight excluding hydrogens is 314 g/mol. The lowest BCUT2D eigenvalue weighted by Crippen LogP contribution is -2.34. The third kappa shape index (κ3) is 2.65. The van der Waals surface area contributed by atoms with Gasteiger partial charge in [-0.05, 0) is 37.3 Å². The number of aryl methyl sites for hydroxylation is 2. The molecule has 1 aliphatic heterocycles. The fourth-order valence-electron chi connectivity index (χ4n) is 3.27. The second-order valence-electron chi connectivity index (χ2n) is 5.86. The normalized spacial score (nSPS) is 18.4. The molecule has 0 aromatic carbocycles. The maximum atomic E-state index is 12.8. The summed E-state index contributed by atoms with van der Waals surface area (Å²) in [4.78, 5) is 23.8. The highest BCUT2D eigenvalue weighted by Crippen LogP contribution is 2.31. The predicted octanol–water partition coefficient (Wildman–Crippen LogP) is 3.05. The van der Waals surface area contributed by atoms with Crippen molar-refractivity contribution < 1.29 is 4.79 Å². The van der Waals surface area contributed by atoms with E-state index in [4.69, 9.17) is 0 Å². The molecule has 1 amide bonds. The SMILES string of the molecule is O=C(c1cc2c(s1)CCC2)N1CCCN(c2nccs2)CC1. The number of carbonyl (C=O) groups is 1. The molecule has 2 aromatic heterocycles. The number of amides is 1. The first-order valence-electron chi connectivity index (χ1n) is 7.86. The third-order valence-electron chi connectivity index (χ3n) is 4.43. The molecule has 0 saturated carbocycles. The number of anilines is 1. The number of hydrogen-bond acceptors (Lipinski definition) is 5. The highest BCUT2D eigenvalue weighted by molar-refractivity contribution is 7.14. The largest absolute Gasteiger partial charge is 0.346 e. The molecule has 1 aliphatic carbocycles. The van der Waals surface area contributed by atoms with Crippen LogP contribution in [0.1, 0.15) is 33.0 Å². The molecule has 0 spiro atoms. The van der Waals surface area contributed by atoms with Crippen molar-refractivity contribution in [2.75, 3.05) is 31.1 Å². The van der Waals surface area contributed by atoms with Gasteiger partial charge in [0.1, 0.15) is 0 Å². The number of thiazole rings is 1. The van der Waals surface area contributed by atoms with Gasteiger partial charge in [0, 0.05) is 42.6 Å². The summed E-state index contributed by atoms with van der Waals surface area (Å²) in [5, 5.41) is 3.08. The van der Waals surface area contributed by atoms with Crippen LogP contribution in [0.25, 0.3) is 0 Å². The topological polar surface area (TPSA) is 36.4 Å². The summed E-state index contributed by atoms with van der Waals surface area (Å²) < 4.78 is 0. The molecule has 2 aromatic rings. The van der Waals surface area contributed by atoms with Crippen molar-refractivity contribution in [1.82, 2.24) is 9.88 Å². The molecule has 0 N–H and O–H groups in total. The molecule has 0 radical (unpaired) electrons. The van der Waals surface area contributed by atoms with Gasteiger partial charge in [0.05, 0.1) is 4.88 Å². The molecule has 6 heteroatoms. The Bertz CT molecular complexity index is 643. The minimum absolute atomic E-state index is 0.223. The first kappa shape index (κ1) is 14.2. The van der Waals surface area contributed by atoms with Gasteiger partial charge in [-0.1, -0.05) is 0 Å². The minimum Gasteiger partial charge on any atom is -0.346 e. The van der Waals surface area contributed by atoms with Crippen LogP contribution in [0.15, 0.2) is 17.6 Å². The van der Waals surface area contributed by atoms with Crippen LogP contribution in [-0.2, 0) is 12.8 Å². The number of fused-ring (bicyclic) bond motifs is 1. The summed E-state index contributed by atoms with van der Waals surface area (Å²) >= 11 is 3.39. The van der Waals surface area contributed by atoms with Crippen LogP contribution in [0.3, 0.4) is 0 Å². The van der Waals surface area contributed by atoms with Gasteiger partial charge >= 0.3 is 0 Å². The van der Waals surface area contributed by atoms with E-state index in [0.717, 1.165) is 55.5 Å². The van der Waals surface area contributed by atoms with Gasteiger partial charge < -0.3 is 9.80 Å². The lowest BCUT2D eigenvalue weighted by molar-refractivity contribution is 0.0772. The van der Waals surface area contributed by atoms with Crippen molar-refractivity contribution in [1.29, 1.82) is 0 Å². The lowest BCUT2D eigenvalue weighted by Gasteiger charge is -2.21. The first-order chi connectivity index (χ1) is 10.8. The van der Waals surface area contributed by atoms with E-state index in [-0.39, 0.29) is 5.91 Å². The van der Waals surface area contributed by atoms with E-state index in [2.05, 4.69) is 16.0 Å². The summed E-state index contributed by atoms with van der Waals surface area (Å²) in [5.74, 6) is 0.223. The highest BCUT2D eigenvalue weighted by atomic mass is 32.1. The Balaban J connectivity index is 1.45. The zero-order valence-electron chi connectivity index (χ0n) is 12.5. The van der Waals surface area contributed by atoms with Crippen molar-refractivity contribution in [3.63, 3.8) is 0 Å². The van der Waals surface area contributed by atoms with E-state index >= 15 is 0 Å². The molecule has 22 heavy (non-hydrogen) atoms. The highest BCUT2D eigenvalue weighted by Gasteiger charge is 2.24. The molecule has 1 saturated heterocycles. The van der Waals surface area contributed by atoms with Gasteiger partial charge in [0.2, 0.25) is 0 Å². The zero-order chi connectivity index (χ0) is 14.9. The fraction of sp³-hybridized carbons (Fsp3) is 0.500. The Hall–Kier alpha value is -1.40. The van der Waals surface area contributed by atoms with E-state index in [0.29, 0.717) is 0 Å². The Labute approximate surface area is 138 Å². The molecular formula is C16H19N3OS2. The van der Waals surface area contributed by atoms with Crippen molar-refractivity contribution in [2.45, 2.75) is 25.7 Å². The Morgan fingerprint density at radius 3 is 2.91 bits per heavy atom. The second kappa shape index (κ2) is 6.01. The molecule has 0 atom stereocenters. The maximum absolute atomic E-state index is 12.8. The number of thiophene rings is 1. The first-order valence-corrected chi connectivity index (χ1v) is 9.56. The smallest absolute Gasteiger partial charge is 0.263 e. The van der Waals surface area contributed by atoms with Crippen molar-refractivity contribution in [2.24, 2.45) is 0 Å². The number of aromatic nitrogens is 1. The Kier molecular flexibility index (Phi) is 3.88. The van der Waals surface area contributed by atoms with Crippen molar-refractivity contribution >= 4 is 33.7 Å². The predicted molar refractivity (Wildman–Crippen MR) is 91.2 cm³/mol. The Morgan fingerprint density at radius 2 is 2.09 bits per heavy atom. The van der Waals surface area contributed by atoms with E-state index < -0.39 is 0 Å². The van der Waals surface area contributed by atoms with Gasteiger partial charge in [0.15, 0.2) is 5.13 Å². The number of nitrogens with zero attached hydrogens (tertiary/aromatic N) is 3. The zero-order valence-corrected chi connectivity index (χ0v) is 14.1. The molecule has 3 heterocycles. The average molecular weight is 333 g/mol. The number of carbonyl (C=O) groups excluding carboxylic acids is 1. The van der Waals surface area contributed by atoms with Crippen LogP contribution in [-0.4, -0.2) is 42.0 Å². The van der Waals surface area contributed by atoms with E-state index in [1.165, 1.54) is 16.9 Å². The molecule has 4 nitrogen and oxygen atoms in total. The van der Waals surface area contributed by atoms with Crippen LogP contribution < -0.4 is 4.90 Å². The molecule has 4 rings (SSSR count). The summed E-state index contributed by atoms with van der Waals surface area (Å²) in [6.45, 7) is 3.51. The van der Waals surface area contributed by atoms with E-state index in [9.17, 15) is 4.79 Å². The van der Waals surface area contributed by atoms with Crippen LogP contribution in [0.2, 0.25) is 0 Å². The lowest BCUT2D eigenvalue weighted by atomic mass is 10.2. The third-order valence-corrected chi connectivity index (χ3v) is 6.49. The van der Waals surface area contributed by atoms with Crippen molar-refractivity contribution in [3.05, 3.63) is 33.0 Å². The van der Waals surface area contributed by atoms with Gasteiger partial charge in [-0.2, -0.15) is 0 Å². The van der Waals surface area contributed by atoms with Gasteiger partial charge in [-0.25, -0.2) is 4.98 Å². The van der Waals surface area contributed by atoms with E-state index in [1.807, 2.05) is 16.5 Å². The summed E-state index contributed by atoms with van der Waals surface area (Å²) in [7, 11) is 0. The monoisotopic (exact) mass is 333 g/mol. The maximum Gasteiger partial charge on any atom is 0.263 e. The van der Waals surface area contributed by atoms with Gasteiger partial charge in [-0.15, -0.1) is 22.7 Å². The molecule has 116 valence electrons. The van der Waals surface area contributed by atoms with Crippen LogP contribution >= 0.6 is 22.7 Å². The van der Waals surface area contributed by atoms with E-state index in [1.54, 1.807) is 22.7 Å². The molecule has 2 aliphatic rings. The van der Waals surface area contributed by atoms with Crippen LogP contribution in [0, 0.1) is 0 Å². The fourth-order valence-corrected chi connectivity index (χ4v) is 5.19. The quantitative estimate of drug-likeness (QED) is 0.847. The number of hydrogen-bond donors (Lipinski definition) is 0. The summed E-state index contributed by atoms with van der Waals surface area (Å²) in [6, 6.07) is 2.14. The average Bonchev–Trinajstić information content (AvgIpc) is 3.21. The van der Waals surface area contributed by atoms with Gasteiger partial charge in [0.25, 0.3) is 5.91 Å². The molecule has 0 unspecified atom stereocenters. The molecule has 0 bridgehead atoms. The summed E-state index contributed by atoms with van der Waals surface area (Å²) in [6.07, 6.45) is 6.42.